The van der Waals surface area contributed by atoms with Crippen molar-refractivity contribution >= 4 is 60.9 Å². The fourth-order valence-electron chi connectivity index (χ4n) is 1.72. The number of thiophene rings is 1. The van der Waals surface area contributed by atoms with E-state index in [1.54, 1.807) is 16.7 Å². The number of amides is 1. The van der Waals surface area contributed by atoms with Gasteiger partial charge in [0.05, 0.1) is 8.66 Å². The third-order valence-corrected chi connectivity index (χ3v) is 6.77. The molecular weight excluding hydrogens is 422 g/mol. The lowest BCUT2D eigenvalue weighted by atomic mass is 10.2. The number of carbonyl (C=O) groups is 1. The van der Waals surface area contributed by atoms with E-state index in [1.165, 1.54) is 16.2 Å². The summed E-state index contributed by atoms with van der Waals surface area (Å²) in [6.07, 6.45) is 2.05. The highest BCUT2D eigenvalue weighted by Gasteiger charge is 2.16. The van der Waals surface area contributed by atoms with Gasteiger partial charge in [0, 0.05) is 23.0 Å². The van der Waals surface area contributed by atoms with E-state index in [0.717, 1.165) is 18.7 Å². The van der Waals surface area contributed by atoms with Gasteiger partial charge < -0.3 is 4.90 Å². The van der Waals surface area contributed by atoms with Gasteiger partial charge in [-0.1, -0.05) is 12.1 Å². The molecule has 0 N–H and O–H groups in total. The molecule has 0 saturated heterocycles. The molecule has 2 rings (SSSR count). The van der Waals surface area contributed by atoms with Crippen LogP contribution in [0.15, 0.2) is 43.5 Å². The number of rotatable bonds is 4. The second-order valence-electron chi connectivity index (χ2n) is 4.24. The first-order valence-electron chi connectivity index (χ1n) is 5.84. The molecule has 0 radical (unpaired) electrons. The van der Waals surface area contributed by atoms with Gasteiger partial charge in [-0.15, -0.1) is 23.1 Å². The zero-order valence-electron chi connectivity index (χ0n) is 11.0. The van der Waals surface area contributed by atoms with Crippen molar-refractivity contribution in [2.24, 2.45) is 0 Å². The molecule has 1 aromatic carbocycles. The largest absolute Gasteiger partial charge is 0.337 e. The Morgan fingerprint density at radius 3 is 2.45 bits per heavy atom. The van der Waals surface area contributed by atoms with Crippen molar-refractivity contribution in [3.8, 4) is 0 Å². The van der Waals surface area contributed by atoms with E-state index in [9.17, 15) is 4.79 Å². The van der Waals surface area contributed by atoms with Crippen molar-refractivity contribution in [3.63, 3.8) is 0 Å². The smallest absolute Gasteiger partial charge is 0.264 e. The fraction of sp³-hybridized carbons (Fsp3) is 0.214. The zero-order valence-corrected chi connectivity index (χ0v) is 15.8. The van der Waals surface area contributed by atoms with Crippen LogP contribution in [0.5, 0.6) is 0 Å². The van der Waals surface area contributed by atoms with Gasteiger partial charge in [-0.05, 0) is 61.9 Å². The van der Waals surface area contributed by atoms with Crippen molar-refractivity contribution < 1.29 is 4.79 Å². The third kappa shape index (κ3) is 3.87. The maximum Gasteiger partial charge on any atom is 0.264 e. The Bertz CT molecular complexity index is 591. The van der Waals surface area contributed by atoms with Crippen LogP contribution in [0.3, 0.4) is 0 Å². The molecule has 0 aliphatic carbocycles. The summed E-state index contributed by atoms with van der Waals surface area (Å²) in [6, 6.07) is 10.1. The molecule has 0 saturated carbocycles. The lowest BCUT2D eigenvalue weighted by Crippen LogP contribution is -2.25. The Kier molecular flexibility index (Phi) is 5.72. The van der Waals surface area contributed by atoms with Crippen LogP contribution in [0, 0.1) is 0 Å². The highest BCUT2D eigenvalue weighted by molar-refractivity contribution is 9.13. The van der Waals surface area contributed by atoms with Gasteiger partial charge in [0.25, 0.3) is 5.91 Å². The number of benzene rings is 1. The minimum absolute atomic E-state index is 0.0374. The van der Waals surface area contributed by atoms with E-state index < -0.39 is 0 Å². The summed E-state index contributed by atoms with van der Waals surface area (Å²) in [5.74, 6) is 0.0374. The number of carbonyl (C=O) groups excluding carboxylic acids is 1. The Labute approximate surface area is 143 Å². The first kappa shape index (κ1) is 16.1. The van der Waals surface area contributed by atoms with Crippen LogP contribution in [0.2, 0.25) is 0 Å². The summed E-state index contributed by atoms with van der Waals surface area (Å²) in [7, 11) is 1.83. The maximum atomic E-state index is 12.3. The molecule has 1 aromatic heterocycles. The van der Waals surface area contributed by atoms with Gasteiger partial charge >= 0.3 is 0 Å². The molecule has 0 bridgehead atoms. The van der Waals surface area contributed by atoms with Crippen LogP contribution in [0.1, 0.15) is 15.2 Å². The number of thioether (sulfide) groups is 1. The van der Waals surface area contributed by atoms with E-state index in [4.69, 9.17) is 0 Å². The van der Waals surface area contributed by atoms with E-state index in [2.05, 4.69) is 62.4 Å². The first-order valence-corrected chi connectivity index (χ1v) is 9.47. The molecule has 2 aromatic rings. The van der Waals surface area contributed by atoms with Crippen molar-refractivity contribution in [3.05, 3.63) is 49.0 Å². The molecule has 0 aliphatic rings. The van der Waals surface area contributed by atoms with Crippen LogP contribution >= 0.6 is 55.0 Å². The van der Waals surface area contributed by atoms with Gasteiger partial charge in [0.15, 0.2) is 0 Å². The first-order chi connectivity index (χ1) is 9.51. The predicted octanol–water partition coefficient (Wildman–Crippen LogP) is 5.27. The van der Waals surface area contributed by atoms with Crippen LogP contribution in [-0.2, 0) is 6.54 Å². The average molecular weight is 435 g/mol. The van der Waals surface area contributed by atoms with Gasteiger partial charge in [0.1, 0.15) is 0 Å². The second-order valence-corrected chi connectivity index (χ2v) is 8.35. The molecule has 0 spiro atoms. The average Bonchev–Trinajstić information content (AvgIpc) is 2.78. The Balaban J connectivity index is 2.06. The van der Waals surface area contributed by atoms with Crippen molar-refractivity contribution in [2.75, 3.05) is 13.3 Å². The molecular formula is C14H13Br2NOS2. The van der Waals surface area contributed by atoms with Crippen molar-refractivity contribution in [1.82, 2.24) is 4.90 Å². The molecule has 0 atom stereocenters. The standard InChI is InChI=1S/C14H13Br2NOS2/c1-17(8-9-3-5-10(19-2)6-4-9)14(18)12-7-11(15)13(16)20-12/h3-7H,8H2,1-2H3. The van der Waals surface area contributed by atoms with Gasteiger partial charge in [-0.2, -0.15) is 0 Å². The number of halogens is 2. The molecule has 20 heavy (non-hydrogen) atoms. The lowest BCUT2D eigenvalue weighted by Gasteiger charge is -2.16. The van der Waals surface area contributed by atoms with E-state index in [1.807, 2.05) is 13.1 Å². The molecule has 0 aliphatic heterocycles. The van der Waals surface area contributed by atoms with Crippen LogP contribution in [-0.4, -0.2) is 24.1 Å². The molecule has 6 heteroatoms. The Hall–Kier alpha value is -0.300. The monoisotopic (exact) mass is 433 g/mol. The quantitative estimate of drug-likeness (QED) is 0.611. The fourth-order valence-corrected chi connectivity index (χ4v) is 4.16. The van der Waals surface area contributed by atoms with Crippen molar-refractivity contribution in [1.29, 1.82) is 0 Å². The maximum absolute atomic E-state index is 12.3. The van der Waals surface area contributed by atoms with Gasteiger partial charge in [-0.3, -0.25) is 4.79 Å². The minimum Gasteiger partial charge on any atom is -0.337 e. The van der Waals surface area contributed by atoms with Crippen LogP contribution in [0.25, 0.3) is 0 Å². The number of hydrogen-bond donors (Lipinski definition) is 0. The highest BCUT2D eigenvalue weighted by atomic mass is 79.9. The second kappa shape index (κ2) is 7.11. The number of nitrogens with zero attached hydrogens (tertiary/aromatic N) is 1. The summed E-state index contributed by atoms with van der Waals surface area (Å²) >= 11 is 9.98. The van der Waals surface area contributed by atoms with Crippen LogP contribution in [0.4, 0.5) is 0 Å². The molecule has 106 valence electrons. The predicted molar refractivity (Wildman–Crippen MR) is 93.7 cm³/mol. The van der Waals surface area contributed by atoms with E-state index in [-0.39, 0.29) is 5.91 Å². The highest BCUT2D eigenvalue weighted by Crippen LogP contribution is 2.33. The van der Waals surface area contributed by atoms with E-state index in [0.29, 0.717) is 6.54 Å². The van der Waals surface area contributed by atoms with Gasteiger partial charge in [-0.25, -0.2) is 0 Å². The SMILES string of the molecule is CSc1ccc(CN(C)C(=O)c2cc(Br)c(Br)s2)cc1. The lowest BCUT2D eigenvalue weighted by molar-refractivity contribution is 0.0790. The van der Waals surface area contributed by atoms with Crippen LogP contribution < -0.4 is 0 Å². The molecule has 2 nitrogen and oxygen atoms in total. The molecule has 0 fully saturated rings. The molecule has 1 amide bonds. The topological polar surface area (TPSA) is 20.3 Å². The Morgan fingerprint density at radius 1 is 1.30 bits per heavy atom. The van der Waals surface area contributed by atoms with Gasteiger partial charge in [0.2, 0.25) is 0 Å². The molecule has 0 unspecified atom stereocenters. The summed E-state index contributed by atoms with van der Waals surface area (Å²) in [5, 5.41) is 0. The number of hydrogen-bond acceptors (Lipinski definition) is 3. The molecule has 1 heterocycles. The summed E-state index contributed by atoms with van der Waals surface area (Å²) in [4.78, 5) is 16.0. The summed E-state index contributed by atoms with van der Waals surface area (Å²) < 4.78 is 1.86. The summed E-state index contributed by atoms with van der Waals surface area (Å²) in [5.41, 5.74) is 1.13. The normalized spacial score (nSPS) is 10.6. The summed E-state index contributed by atoms with van der Waals surface area (Å²) in [6.45, 7) is 0.612. The third-order valence-electron chi connectivity index (χ3n) is 2.78. The van der Waals surface area contributed by atoms with E-state index >= 15 is 0 Å². The zero-order chi connectivity index (χ0) is 14.7. The minimum atomic E-state index is 0.0374. The Morgan fingerprint density at radius 2 is 1.95 bits per heavy atom. The van der Waals surface area contributed by atoms with Crippen molar-refractivity contribution in [2.45, 2.75) is 11.4 Å².